The molecule has 0 N–H and O–H groups in total. The molecule has 1 saturated heterocycles. The summed E-state index contributed by atoms with van der Waals surface area (Å²) in [4.78, 5) is 2.13. The zero-order valence-corrected chi connectivity index (χ0v) is 5.23. The molecule has 0 radical (unpaired) electrons. The molecule has 0 unspecified atom stereocenters. The second kappa shape index (κ2) is 2.44. The van der Waals surface area contributed by atoms with Crippen LogP contribution in [0.4, 0.5) is 4.39 Å². The van der Waals surface area contributed by atoms with E-state index in [4.69, 9.17) is 0 Å². The molecule has 1 fully saturated rings. The number of halogens is 1. The summed E-state index contributed by atoms with van der Waals surface area (Å²) in [6.07, 6.45) is 0.619. The van der Waals surface area contributed by atoms with Crippen LogP contribution in [0.1, 0.15) is 13.3 Å². The van der Waals surface area contributed by atoms with Crippen LogP contribution in [0.3, 0.4) is 0 Å². The van der Waals surface area contributed by atoms with Crippen LogP contribution in [0.25, 0.3) is 0 Å². The molecule has 0 aromatic heterocycles. The topological polar surface area (TPSA) is 3.24 Å². The normalized spacial score (nSPS) is 23.2. The van der Waals surface area contributed by atoms with E-state index in [1.807, 2.05) is 0 Å². The maximum atomic E-state index is 12.0. The van der Waals surface area contributed by atoms with Gasteiger partial charge in [0, 0.05) is 13.1 Å². The number of hydrogen-bond acceptors (Lipinski definition) is 1. The molecule has 1 nitrogen and oxygen atoms in total. The number of hydrogen-bond donors (Lipinski definition) is 0. The highest BCUT2D eigenvalue weighted by Crippen LogP contribution is 2.10. The first kappa shape index (κ1) is 6.02. The molecule has 0 aliphatic carbocycles. The first-order valence-corrected chi connectivity index (χ1v) is 3.19. The Morgan fingerprint density at radius 1 is 1.62 bits per heavy atom. The standard InChI is InChI=1S/C6H12FN/c1-2-3-8-4-6(7)5-8/h6H,2-5H2,1H3. The third kappa shape index (κ3) is 1.19. The fourth-order valence-corrected chi connectivity index (χ4v) is 1.01. The summed E-state index contributed by atoms with van der Waals surface area (Å²) in [5, 5.41) is 0. The van der Waals surface area contributed by atoms with E-state index >= 15 is 0 Å². The van der Waals surface area contributed by atoms with E-state index in [-0.39, 0.29) is 0 Å². The van der Waals surface area contributed by atoms with Crippen molar-refractivity contribution >= 4 is 0 Å². The summed E-state index contributed by atoms with van der Waals surface area (Å²) in [6.45, 7) is 4.54. The lowest BCUT2D eigenvalue weighted by molar-refractivity contribution is 0.0661. The fourth-order valence-electron chi connectivity index (χ4n) is 1.01. The first-order valence-electron chi connectivity index (χ1n) is 3.19. The average Bonchev–Trinajstić information content (AvgIpc) is 1.64. The highest BCUT2D eigenvalue weighted by atomic mass is 19.1. The van der Waals surface area contributed by atoms with E-state index < -0.39 is 6.17 Å². The third-order valence-corrected chi connectivity index (χ3v) is 1.45. The molecule has 1 rings (SSSR count). The molecular weight excluding hydrogens is 105 g/mol. The second-order valence-electron chi connectivity index (χ2n) is 2.36. The molecular formula is C6H12FN. The van der Waals surface area contributed by atoms with E-state index in [0.717, 1.165) is 13.0 Å². The molecule has 0 bridgehead atoms. The summed E-state index contributed by atoms with van der Waals surface area (Å²) in [7, 11) is 0. The highest BCUT2D eigenvalue weighted by Gasteiger charge is 2.24. The Hall–Kier alpha value is -0.110. The van der Waals surface area contributed by atoms with Gasteiger partial charge in [0.25, 0.3) is 0 Å². The quantitative estimate of drug-likeness (QED) is 0.522. The van der Waals surface area contributed by atoms with Gasteiger partial charge in [0.1, 0.15) is 6.17 Å². The summed E-state index contributed by atoms with van der Waals surface area (Å²) in [5.41, 5.74) is 0. The van der Waals surface area contributed by atoms with Gasteiger partial charge in [0.05, 0.1) is 0 Å². The molecule has 48 valence electrons. The minimum atomic E-state index is -0.526. The molecule has 0 saturated carbocycles. The van der Waals surface area contributed by atoms with Gasteiger partial charge in [-0.25, -0.2) is 4.39 Å². The number of alkyl halides is 1. The first-order chi connectivity index (χ1) is 3.83. The van der Waals surface area contributed by atoms with Gasteiger partial charge in [-0.2, -0.15) is 0 Å². The smallest absolute Gasteiger partial charge is 0.125 e. The third-order valence-electron chi connectivity index (χ3n) is 1.45. The summed E-state index contributed by atoms with van der Waals surface area (Å²) >= 11 is 0. The van der Waals surface area contributed by atoms with E-state index in [2.05, 4.69) is 11.8 Å². The van der Waals surface area contributed by atoms with Gasteiger partial charge in [-0.3, -0.25) is 4.90 Å². The van der Waals surface area contributed by atoms with Crippen molar-refractivity contribution in [1.82, 2.24) is 4.90 Å². The minimum Gasteiger partial charge on any atom is -0.297 e. The van der Waals surface area contributed by atoms with Crippen LogP contribution in [-0.4, -0.2) is 30.7 Å². The second-order valence-corrected chi connectivity index (χ2v) is 2.36. The van der Waals surface area contributed by atoms with Gasteiger partial charge in [-0.15, -0.1) is 0 Å². The van der Waals surface area contributed by atoms with Gasteiger partial charge in [-0.05, 0) is 13.0 Å². The van der Waals surface area contributed by atoms with Crippen LogP contribution >= 0.6 is 0 Å². The van der Waals surface area contributed by atoms with Crippen LogP contribution < -0.4 is 0 Å². The number of nitrogens with zero attached hydrogens (tertiary/aromatic N) is 1. The predicted octanol–water partition coefficient (Wildman–Crippen LogP) is 1.05. The predicted molar refractivity (Wildman–Crippen MR) is 31.6 cm³/mol. The van der Waals surface area contributed by atoms with E-state index in [1.54, 1.807) is 0 Å². The van der Waals surface area contributed by atoms with Gasteiger partial charge >= 0.3 is 0 Å². The lowest BCUT2D eigenvalue weighted by Crippen LogP contribution is -2.48. The van der Waals surface area contributed by atoms with Crippen LogP contribution in [-0.2, 0) is 0 Å². The van der Waals surface area contributed by atoms with Gasteiger partial charge < -0.3 is 0 Å². The molecule has 8 heavy (non-hydrogen) atoms. The summed E-state index contributed by atoms with van der Waals surface area (Å²) in [5.74, 6) is 0. The van der Waals surface area contributed by atoms with Crippen molar-refractivity contribution in [2.24, 2.45) is 0 Å². The van der Waals surface area contributed by atoms with Crippen LogP contribution in [0.2, 0.25) is 0 Å². The zero-order chi connectivity index (χ0) is 5.98. The maximum Gasteiger partial charge on any atom is 0.125 e. The largest absolute Gasteiger partial charge is 0.297 e. The molecule has 0 aromatic carbocycles. The SMILES string of the molecule is CCCN1CC(F)C1. The molecule has 0 spiro atoms. The van der Waals surface area contributed by atoms with Gasteiger partial charge in [-0.1, -0.05) is 6.92 Å². The zero-order valence-electron chi connectivity index (χ0n) is 5.23. The molecule has 2 heteroatoms. The van der Waals surface area contributed by atoms with Crippen molar-refractivity contribution in [3.8, 4) is 0 Å². The Labute approximate surface area is 49.5 Å². The fraction of sp³-hybridized carbons (Fsp3) is 1.00. The summed E-state index contributed by atoms with van der Waals surface area (Å²) < 4.78 is 12.0. The van der Waals surface area contributed by atoms with Crippen LogP contribution in [0, 0.1) is 0 Å². The van der Waals surface area contributed by atoms with Crippen molar-refractivity contribution in [3.63, 3.8) is 0 Å². The lowest BCUT2D eigenvalue weighted by atomic mass is 10.2. The molecule has 0 atom stereocenters. The molecule has 0 amide bonds. The Balaban J connectivity index is 1.98. The Kier molecular flexibility index (Phi) is 1.84. The van der Waals surface area contributed by atoms with Gasteiger partial charge in [0.2, 0.25) is 0 Å². The van der Waals surface area contributed by atoms with Crippen molar-refractivity contribution in [2.45, 2.75) is 19.5 Å². The van der Waals surface area contributed by atoms with E-state index in [0.29, 0.717) is 13.1 Å². The van der Waals surface area contributed by atoms with Crippen molar-refractivity contribution < 1.29 is 4.39 Å². The van der Waals surface area contributed by atoms with Gasteiger partial charge in [0.15, 0.2) is 0 Å². The molecule has 0 aromatic rings. The minimum absolute atomic E-state index is 0.526. The monoisotopic (exact) mass is 117 g/mol. The Bertz CT molecular complexity index is 66.2. The number of rotatable bonds is 2. The Morgan fingerprint density at radius 3 is 2.62 bits per heavy atom. The van der Waals surface area contributed by atoms with Crippen LogP contribution in [0.5, 0.6) is 0 Å². The highest BCUT2D eigenvalue weighted by molar-refractivity contribution is 4.77. The van der Waals surface area contributed by atoms with Crippen molar-refractivity contribution in [2.75, 3.05) is 19.6 Å². The number of likely N-dealkylation sites (tertiary alicyclic amines) is 1. The van der Waals surface area contributed by atoms with Crippen molar-refractivity contribution in [3.05, 3.63) is 0 Å². The van der Waals surface area contributed by atoms with E-state index in [1.165, 1.54) is 0 Å². The summed E-state index contributed by atoms with van der Waals surface area (Å²) in [6, 6.07) is 0. The van der Waals surface area contributed by atoms with E-state index in [9.17, 15) is 4.39 Å². The maximum absolute atomic E-state index is 12.0. The lowest BCUT2D eigenvalue weighted by Gasteiger charge is -2.33. The average molecular weight is 117 g/mol. The van der Waals surface area contributed by atoms with Crippen molar-refractivity contribution in [1.29, 1.82) is 0 Å². The van der Waals surface area contributed by atoms with Crippen LogP contribution in [0.15, 0.2) is 0 Å². The molecule has 1 aliphatic heterocycles. The molecule has 1 heterocycles. The Morgan fingerprint density at radius 2 is 2.25 bits per heavy atom. The molecule has 1 aliphatic rings.